The molecule has 1 amide bonds. The molecule has 2 heterocycles. The van der Waals surface area contributed by atoms with Gasteiger partial charge in [0.05, 0.1) is 16.1 Å². The Hall–Kier alpha value is -3.57. The predicted molar refractivity (Wildman–Crippen MR) is 124 cm³/mol. The fourth-order valence-electron chi connectivity index (χ4n) is 4.03. The maximum atomic E-state index is 13.8. The predicted octanol–water partition coefficient (Wildman–Crippen LogP) is 5.52. The standard InChI is InChI=1S/C24H19F3N2O5S/c25-24(26,27)18-12-14(28-23(30)21-6-3-11-33-21)7-10-19(18)29-35(31,32)15-8-9-17-16-4-1-2-5-20(16)34-22(17)13-15/h1-2,4-5,7-10,12-13,21,29H,3,6,11H2,(H,28,30). The Labute approximate surface area is 197 Å². The third-order valence-corrected chi connectivity index (χ3v) is 7.08. The van der Waals surface area contributed by atoms with E-state index in [1.165, 1.54) is 18.2 Å². The molecule has 1 saturated heterocycles. The molecule has 11 heteroatoms. The molecule has 1 aromatic heterocycles. The van der Waals surface area contributed by atoms with E-state index in [1.807, 2.05) is 16.9 Å². The number of carbonyl (C=O) groups is 1. The van der Waals surface area contributed by atoms with Gasteiger partial charge < -0.3 is 14.5 Å². The minimum absolute atomic E-state index is 0.121. The van der Waals surface area contributed by atoms with E-state index in [-0.39, 0.29) is 16.2 Å². The average Bonchev–Trinajstić information content (AvgIpc) is 3.47. The summed E-state index contributed by atoms with van der Waals surface area (Å²) in [6, 6.07) is 14.1. The minimum Gasteiger partial charge on any atom is -0.456 e. The Balaban J connectivity index is 1.45. The molecule has 4 aromatic rings. The second kappa shape index (κ2) is 8.58. The van der Waals surface area contributed by atoms with Crippen LogP contribution in [0.4, 0.5) is 24.5 Å². The van der Waals surface area contributed by atoms with Gasteiger partial charge in [-0.05, 0) is 49.2 Å². The van der Waals surface area contributed by atoms with Crippen molar-refractivity contribution in [1.82, 2.24) is 0 Å². The molecule has 1 aliphatic rings. The van der Waals surface area contributed by atoms with Gasteiger partial charge in [-0.15, -0.1) is 0 Å². The van der Waals surface area contributed by atoms with Gasteiger partial charge in [0.15, 0.2) is 0 Å². The summed E-state index contributed by atoms with van der Waals surface area (Å²) in [6.45, 7) is 0.409. The third kappa shape index (κ3) is 4.56. The van der Waals surface area contributed by atoms with Gasteiger partial charge in [0.2, 0.25) is 0 Å². The number of para-hydroxylation sites is 1. The highest BCUT2D eigenvalue weighted by molar-refractivity contribution is 7.92. The third-order valence-electron chi connectivity index (χ3n) is 5.72. The number of rotatable bonds is 5. The maximum absolute atomic E-state index is 13.8. The van der Waals surface area contributed by atoms with Gasteiger partial charge in [0.1, 0.15) is 17.3 Å². The van der Waals surface area contributed by atoms with Gasteiger partial charge in [-0.25, -0.2) is 8.42 Å². The van der Waals surface area contributed by atoms with Crippen molar-refractivity contribution in [1.29, 1.82) is 0 Å². The molecule has 1 atom stereocenters. The van der Waals surface area contributed by atoms with Crippen LogP contribution < -0.4 is 10.0 Å². The molecule has 0 spiro atoms. The smallest absolute Gasteiger partial charge is 0.418 e. The summed E-state index contributed by atoms with van der Waals surface area (Å²) in [5, 5.41) is 3.87. The Morgan fingerprint density at radius 3 is 2.49 bits per heavy atom. The molecule has 0 bridgehead atoms. The molecule has 1 unspecified atom stereocenters. The van der Waals surface area contributed by atoms with E-state index < -0.39 is 39.5 Å². The fraction of sp³-hybridized carbons (Fsp3) is 0.208. The van der Waals surface area contributed by atoms with Crippen molar-refractivity contribution in [3.05, 3.63) is 66.2 Å². The van der Waals surface area contributed by atoms with Crippen LogP contribution in [-0.2, 0) is 25.7 Å². The van der Waals surface area contributed by atoms with Gasteiger partial charge in [-0.1, -0.05) is 18.2 Å². The van der Waals surface area contributed by atoms with Crippen molar-refractivity contribution in [2.75, 3.05) is 16.6 Å². The molecule has 0 aliphatic carbocycles. The van der Waals surface area contributed by atoms with Gasteiger partial charge >= 0.3 is 6.18 Å². The van der Waals surface area contributed by atoms with E-state index in [1.54, 1.807) is 18.2 Å². The van der Waals surface area contributed by atoms with E-state index in [4.69, 9.17) is 9.15 Å². The topological polar surface area (TPSA) is 97.6 Å². The number of hydrogen-bond donors (Lipinski definition) is 2. The zero-order valence-corrected chi connectivity index (χ0v) is 18.9. The number of nitrogens with one attached hydrogen (secondary N) is 2. The van der Waals surface area contributed by atoms with E-state index in [0.717, 1.165) is 11.5 Å². The zero-order chi connectivity index (χ0) is 24.8. The first-order valence-corrected chi connectivity index (χ1v) is 12.2. The Kier molecular flexibility index (Phi) is 5.68. The summed E-state index contributed by atoms with van der Waals surface area (Å²) in [6.07, 6.45) is -4.45. The lowest BCUT2D eigenvalue weighted by molar-refractivity contribution is -0.137. The molecule has 2 N–H and O–H groups in total. The number of ether oxygens (including phenoxy) is 1. The fourth-order valence-corrected chi connectivity index (χ4v) is 5.12. The first-order valence-electron chi connectivity index (χ1n) is 10.7. The van der Waals surface area contributed by atoms with Crippen LogP contribution in [0.25, 0.3) is 21.9 Å². The van der Waals surface area contributed by atoms with Crippen molar-refractivity contribution in [2.45, 2.75) is 30.0 Å². The molecule has 7 nitrogen and oxygen atoms in total. The maximum Gasteiger partial charge on any atom is 0.418 e. The first kappa shape index (κ1) is 23.2. The molecular weight excluding hydrogens is 485 g/mol. The number of carbonyl (C=O) groups excluding carboxylic acids is 1. The molecular formula is C24H19F3N2O5S. The highest BCUT2D eigenvalue weighted by Gasteiger charge is 2.35. The number of halogens is 3. The molecule has 35 heavy (non-hydrogen) atoms. The van der Waals surface area contributed by atoms with Crippen molar-refractivity contribution in [2.24, 2.45) is 0 Å². The van der Waals surface area contributed by atoms with Crippen molar-refractivity contribution >= 4 is 49.2 Å². The van der Waals surface area contributed by atoms with E-state index >= 15 is 0 Å². The van der Waals surface area contributed by atoms with Crippen LogP contribution in [0.3, 0.4) is 0 Å². The molecule has 1 fully saturated rings. The van der Waals surface area contributed by atoms with Crippen LogP contribution in [0.2, 0.25) is 0 Å². The monoisotopic (exact) mass is 504 g/mol. The SMILES string of the molecule is O=C(Nc1ccc(NS(=O)(=O)c2ccc3c(c2)oc2ccccc23)c(C(F)(F)F)c1)C1CCCO1. The molecule has 182 valence electrons. The van der Waals surface area contributed by atoms with Gasteiger partial charge in [-0.3, -0.25) is 9.52 Å². The number of anilines is 2. The number of fused-ring (bicyclic) bond motifs is 3. The summed E-state index contributed by atoms with van der Waals surface area (Å²) in [7, 11) is -4.39. The van der Waals surface area contributed by atoms with E-state index in [9.17, 15) is 26.4 Å². The molecule has 5 rings (SSSR count). The second-order valence-corrected chi connectivity index (χ2v) is 9.79. The molecule has 0 radical (unpaired) electrons. The summed E-state index contributed by atoms with van der Waals surface area (Å²) in [4.78, 5) is 12.0. The number of hydrogen-bond acceptors (Lipinski definition) is 5. The van der Waals surface area contributed by atoms with E-state index in [0.29, 0.717) is 36.5 Å². The number of furan rings is 1. The molecule has 1 aliphatic heterocycles. The number of alkyl halides is 3. The number of sulfonamides is 1. The van der Waals surface area contributed by atoms with Crippen molar-refractivity contribution in [3.8, 4) is 0 Å². The quantitative estimate of drug-likeness (QED) is 0.373. The van der Waals surface area contributed by atoms with Crippen LogP contribution >= 0.6 is 0 Å². The number of benzene rings is 3. The Morgan fingerprint density at radius 1 is 0.971 bits per heavy atom. The normalized spacial score (nSPS) is 16.6. The average molecular weight is 504 g/mol. The lowest BCUT2D eigenvalue weighted by Gasteiger charge is -2.17. The lowest BCUT2D eigenvalue weighted by Crippen LogP contribution is -2.27. The summed E-state index contributed by atoms with van der Waals surface area (Å²) >= 11 is 0. The Morgan fingerprint density at radius 2 is 1.74 bits per heavy atom. The highest BCUT2D eigenvalue weighted by atomic mass is 32.2. The van der Waals surface area contributed by atoms with Gasteiger partial charge in [0, 0.05) is 29.1 Å². The van der Waals surface area contributed by atoms with Crippen LogP contribution in [-0.4, -0.2) is 27.0 Å². The summed E-state index contributed by atoms with van der Waals surface area (Å²) < 4.78 is 80.2. The zero-order valence-electron chi connectivity index (χ0n) is 18.1. The van der Waals surface area contributed by atoms with Gasteiger partial charge in [0.25, 0.3) is 15.9 Å². The summed E-state index contributed by atoms with van der Waals surface area (Å²) in [5.41, 5.74) is -1.18. The summed E-state index contributed by atoms with van der Waals surface area (Å²) in [5.74, 6) is -0.553. The minimum atomic E-state index is -4.88. The Bertz CT molecular complexity index is 1540. The lowest BCUT2D eigenvalue weighted by atomic mass is 10.1. The highest BCUT2D eigenvalue weighted by Crippen LogP contribution is 2.38. The van der Waals surface area contributed by atoms with Crippen molar-refractivity contribution < 1.29 is 35.5 Å². The van der Waals surface area contributed by atoms with E-state index in [2.05, 4.69) is 5.32 Å². The first-order chi connectivity index (χ1) is 16.6. The second-order valence-electron chi connectivity index (χ2n) is 8.11. The van der Waals surface area contributed by atoms with Crippen LogP contribution in [0.15, 0.2) is 70.0 Å². The van der Waals surface area contributed by atoms with Crippen LogP contribution in [0.5, 0.6) is 0 Å². The largest absolute Gasteiger partial charge is 0.456 e. The van der Waals surface area contributed by atoms with Gasteiger partial charge in [-0.2, -0.15) is 13.2 Å². The number of amides is 1. The van der Waals surface area contributed by atoms with Crippen LogP contribution in [0, 0.1) is 0 Å². The molecule has 3 aromatic carbocycles. The molecule has 0 saturated carbocycles. The van der Waals surface area contributed by atoms with Crippen LogP contribution in [0.1, 0.15) is 18.4 Å². The van der Waals surface area contributed by atoms with Crippen molar-refractivity contribution in [3.63, 3.8) is 0 Å².